The molecule has 2 unspecified atom stereocenters. The molecule has 166 valence electrons. The van der Waals surface area contributed by atoms with E-state index in [2.05, 4.69) is 9.97 Å². The summed E-state index contributed by atoms with van der Waals surface area (Å²) in [6, 6.07) is 14.9. The van der Waals surface area contributed by atoms with Gasteiger partial charge in [0.2, 0.25) is 0 Å². The lowest BCUT2D eigenvalue weighted by Gasteiger charge is -2.42. The molecule has 7 nitrogen and oxygen atoms in total. The predicted octanol–water partition coefficient (Wildman–Crippen LogP) is 4.39. The van der Waals surface area contributed by atoms with Gasteiger partial charge >= 0.3 is 6.03 Å². The molecule has 0 saturated carbocycles. The Kier molecular flexibility index (Phi) is 4.39. The molecule has 0 radical (unpaired) electrons. The van der Waals surface area contributed by atoms with Crippen LogP contribution in [0.15, 0.2) is 67.3 Å². The van der Waals surface area contributed by atoms with Crippen molar-refractivity contribution in [1.82, 2.24) is 24.3 Å². The molecule has 4 heterocycles. The van der Waals surface area contributed by atoms with Crippen LogP contribution in [0.3, 0.4) is 0 Å². The molecule has 2 atom stereocenters. The summed E-state index contributed by atoms with van der Waals surface area (Å²) in [6.07, 6.45) is 5.63. The number of rotatable bonds is 4. The van der Waals surface area contributed by atoms with Gasteiger partial charge in [0.1, 0.15) is 11.6 Å². The number of halogens is 1. The fourth-order valence-electron chi connectivity index (χ4n) is 5.30. The van der Waals surface area contributed by atoms with Crippen molar-refractivity contribution in [3.05, 3.63) is 89.1 Å². The molecule has 0 bridgehead atoms. The minimum Gasteiger partial charge on any atom is -0.356 e. The van der Waals surface area contributed by atoms with E-state index in [-0.39, 0.29) is 11.9 Å². The third-order valence-corrected chi connectivity index (χ3v) is 7.12. The zero-order chi connectivity index (χ0) is 22.7. The van der Waals surface area contributed by atoms with Crippen LogP contribution in [0.4, 0.5) is 4.79 Å². The average molecular weight is 460 g/mol. The molecule has 6 rings (SSSR count). The maximum atomic E-state index is 13.7. The van der Waals surface area contributed by atoms with Crippen molar-refractivity contribution in [2.24, 2.45) is 0 Å². The number of hydrogen-bond acceptors (Lipinski definition) is 3. The maximum absolute atomic E-state index is 13.7. The van der Waals surface area contributed by atoms with E-state index >= 15 is 0 Å². The van der Waals surface area contributed by atoms with Gasteiger partial charge in [-0.15, -0.1) is 0 Å². The number of H-pyrrole nitrogens is 1. The first kappa shape index (κ1) is 20.1. The lowest BCUT2D eigenvalue weighted by molar-refractivity contribution is -0.133. The van der Waals surface area contributed by atoms with Crippen molar-refractivity contribution in [3.63, 3.8) is 0 Å². The molecule has 2 aliphatic heterocycles. The number of urea groups is 1. The highest BCUT2D eigenvalue weighted by Gasteiger charge is 2.60. The molecule has 4 aromatic rings. The van der Waals surface area contributed by atoms with Crippen LogP contribution in [0, 0.1) is 0 Å². The number of aromatic nitrogens is 3. The van der Waals surface area contributed by atoms with E-state index < -0.39 is 11.6 Å². The van der Waals surface area contributed by atoms with E-state index in [1.807, 2.05) is 66.2 Å². The summed E-state index contributed by atoms with van der Waals surface area (Å²) in [5.74, 6) is -0.171. The van der Waals surface area contributed by atoms with Gasteiger partial charge in [0, 0.05) is 53.5 Å². The third kappa shape index (κ3) is 2.92. The molecule has 2 aromatic heterocycles. The van der Waals surface area contributed by atoms with E-state index in [1.54, 1.807) is 17.4 Å². The van der Waals surface area contributed by atoms with Crippen LogP contribution in [-0.2, 0) is 17.8 Å². The van der Waals surface area contributed by atoms with Gasteiger partial charge in [-0.2, -0.15) is 0 Å². The summed E-state index contributed by atoms with van der Waals surface area (Å²) in [7, 11) is 0. The quantitative estimate of drug-likeness (QED) is 0.460. The number of fused-ring (bicyclic) bond motifs is 4. The molecule has 3 amide bonds. The maximum Gasteiger partial charge on any atom is 0.328 e. The summed E-state index contributed by atoms with van der Waals surface area (Å²) >= 11 is 6.32. The van der Waals surface area contributed by atoms with Gasteiger partial charge in [-0.3, -0.25) is 14.6 Å². The van der Waals surface area contributed by atoms with Gasteiger partial charge in [-0.1, -0.05) is 41.9 Å². The highest BCUT2D eigenvalue weighted by molar-refractivity contribution is 6.31. The smallest absolute Gasteiger partial charge is 0.328 e. The molecule has 0 aliphatic carbocycles. The van der Waals surface area contributed by atoms with Crippen LogP contribution in [-0.4, -0.2) is 48.4 Å². The Bertz CT molecular complexity index is 1380. The van der Waals surface area contributed by atoms with Gasteiger partial charge in [-0.05, 0) is 36.2 Å². The molecule has 1 saturated heterocycles. The highest BCUT2D eigenvalue weighted by atomic mass is 35.5. The fourth-order valence-corrected chi connectivity index (χ4v) is 5.47. The normalized spacial score (nSPS) is 22.2. The van der Waals surface area contributed by atoms with Crippen LogP contribution in [0.25, 0.3) is 10.9 Å². The van der Waals surface area contributed by atoms with Crippen molar-refractivity contribution in [2.75, 3.05) is 6.54 Å². The zero-order valence-electron chi connectivity index (χ0n) is 18.0. The monoisotopic (exact) mass is 459 g/mol. The highest BCUT2D eigenvalue weighted by Crippen LogP contribution is 2.48. The van der Waals surface area contributed by atoms with Crippen molar-refractivity contribution in [3.8, 4) is 0 Å². The van der Waals surface area contributed by atoms with E-state index in [1.165, 1.54) is 4.90 Å². The number of nitrogens with one attached hydrogen (secondary N) is 1. The average Bonchev–Trinajstić information content (AvgIpc) is 3.50. The standard InChI is InChI=1S/C25H22ClN5O2/c1-25-14-19-18-13-17(26)7-8-20(18)28-21(19)22(16-5-3-2-4-6-16)31(25)24(33)30(23(25)32)12-11-29-10-9-27-15-29/h2-10,13,15,22,28H,11-12,14H2,1H3. The van der Waals surface area contributed by atoms with Crippen LogP contribution in [0.2, 0.25) is 5.02 Å². The predicted molar refractivity (Wildman–Crippen MR) is 125 cm³/mol. The summed E-state index contributed by atoms with van der Waals surface area (Å²) in [6.45, 7) is 2.68. The Morgan fingerprint density at radius 1 is 1.15 bits per heavy atom. The fraction of sp³-hybridized carbons (Fsp3) is 0.240. The Morgan fingerprint density at radius 3 is 2.73 bits per heavy atom. The van der Waals surface area contributed by atoms with Crippen LogP contribution in [0.1, 0.15) is 29.8 Å². The minimum atomic E-state index is -0.989. The number of carbonyl (C=O) groups excluding carboxylic acids is 2. The lowest BCUT2D eigenvalue weighted by atomic mass is 9.81. The van der Waals surface area contributed by atoms with E-state index in [0.717, 1.165) is 27.7 Å². The van der Waals surface area contributed by atoms with Crippen molar-refractivity contribution in [1.29, 1.82) is 0 Å². The number of aromatic amines is 1. The van der Waals surface area contributed by atoms with E-state index in [0.29, 0.717) is 24.5 Å². The first-order valence-electron chi connectivity index (χ1n) is 10.9. The minimum absolute atomic E-state index is 0.171. The zero-order valence-corrected chi connectivity index (χ0v) is 18.8. The van der Waals surface area contributed by atoms with E-state index in [9.17, 15) is 9.59 Å². The van der Waals surface area contributed by atoms with Gasteiger partial charge < -0.3 is 9.55 Å². The Balaban J connectivity index is 1.49. The van der Waals surface area contributed by atoms with Gasteiger partial charge in [-0.25, -0.2) is 9.78 Å². The Hall–Kier alpha value is -3.58. The summed E-state index contributed by atoms with van der Waals surface area (Å²) < 4.78 is 1.87. The number of nitrogens with zero attached hydrogens (tertiary/aromatic N) is 4. The van der Waals surface area contributed by atoms with E-state index in [4.69, 9.17) is 11.6 Å². The molecular weight excluding hydrogens is 438 g/mol. The second kappa shape index (κ2) is 7.22. The van der Waals surface area contributed by atoms with Crippen molar-refractivity contribution < 1.29 is 9.59 Å². The van der Waals surface area contributed by atoms with Gasteiger partial charge in [0.05, 0.1) is 6.33 Å². The molecule has 8 heteroatoms. The summed E-state index contributed by atoms with van der Waals surface area (Å²) in [5, 5.41) is 1.64. The number of hydrogen-bond donors (Lipinski definition) is 1. The molecule has 33 heavy (non-hydrogen) atoms. The first-order chi connectivity index (χ1) is 16.0. The van der Waals surface area contributed by atoms with Crippen molar-refractivity contribution >= 4 is 34.4 Å². The second-order valence-electron chi connectivity index (χ2n) is 8.88. The largest absolute Gasteiger partial charge is 0.356 e. The molecule has 2 aliphatic rings. The summed E-state index contributed by atoms with van der Waals surface area (Å²) in [5.41, 5.74) is 2.90. The van der Waals surface area contributed by atoms with Gasteiger partial charge in [0.25, 0.3) is 5.91 Å². The third-order valence-electron chi connectivity index (χ3n) is 6.88. The van der Waals surface area contributed by atoms with Crippen LogP contribution in [0.5, 0.6) is 0 Å². The van der Waals surface area contributed by atoms with Gasteiger partial charge in [0.15, 0.2) is 0 Å². The molecule has 0 spiro atoms. The van der Waals surface area contributed by atoms with Crippen LogP contribution < -0.4 is 0 Å². The topological polar surface area (TPSA) is 74.2 Å². The number of imide groups is 1. The second-order valence-corrected chi connectivity index (χ2v) is 9.32. The molecule has 2 aromatic carbocycles. The molecule has 1 fully saturated rings. The number of imidazole rings is 1. The SMILES string of the molecule is CC12Cc3c([nH]c4ccc(Cl)cc34)C(c3ccccc3)N1C(=O)N(CCn1ccnc1)C2=O. The first-order valence-corrected chi connectivity index (χ1v) is 11.3. The molecular formula is C25H22ClN5O2. The number of carbonyl (C=O) groups is 2. The van der Waals surface area contributed by atoms with Crippen molar-refractivity contribution in [2.45, 2.75) is 31.5 Å². The summed E-state index contributed by atoms with van der Waals surface area (Å²) in [4.78, 5) is 38.2. The number of amides is 3. The Morgan fingerprint density at radius 2 is 1.97 bits per heavy atom. The number of benzene rings is 2. The Labute approximate surface area is 195 Å². The van der Waals surface area contributed by atoms with Crippen LogP contribution >= 0.6 is 11.6 Å². The molecule has 1 N–H and O–H groups in total. The lowest BCUT2D eigenvalue weighted by Crippen LogP contribution is -2.53.